The van der Waals surface area contributed by atoms with Crippen LogP contribution in [0.3, 0.4) is 0 Å². The first-order valence-corrected chi connectivity index (χ1v) is 8.08. The van der Waals surface area contributed by atoms with Crippen molar-refractivity contribution in [2.45, 2.75) is 6.54 Å². The lowest BCUT2D eigenvalue weighted by Gasteiger charge is -2.08. The second kappa shape index (κ2) is 6.44. The standard InChI is InChI=1S/C19H16FN5O/c1-24-17-7-4-15(20)8-14(17)9-18(24)19(26)23-16-5-2-13(3-6-16)10-25-12-21-11-22-25/h2-9,11-12H,10H2,1H3,(H,23,26). The fraction of sp³-hybridized carbons (Fsp3) is 0.105. The summed E-state index contributed by atoms with van der Waals surface area (Å²) in [5.74, 6) is -0.564. The van der Waals surface area contributed by atoms with Crippen molar-refractivity contribution < 1.29 is 9.18 Å². The van der Waals surface area contributed by atoms with Gasteiger partial charge in [-0.25, -0.2) is 14.1 Å². The smallest absolute Gasteiger partial charge is 0.272 e. The molecule has 4 rings (SSSR count). The summed E-state index contributed by atoms with van der Waals surface area (Å²) >= 11 is 0. The largest absolute Gasteiger partial charge is 0.340 e. The Morgan fingerprint density at radius 1 is 1.15 bits per heavy atom. The van der Waals surface area contributed by atoms with E-state index in [-0.39, 0.29) is 11.7 Å². The van der Waals surface area contributed by atoms with Gasteiger partial charge >= 0.3 is 0 Å². The van der Waals surface area contributed by atoms with E-state index in [1.807, 2.05) is 24.3 Å². The summed E-state index contributed by atoms with van der Waals surface area (Å²) in [5.41, 5.74) is 3.01. The van der Waals surface area contributed by atoms with Gasteiger partial charge in [0.25, 0.3) is 5.91 Å². The molecule has 0 spiro atoms. The molecule has 2 aromatic heterocycles. The monoisotopic (exact) mass is 349 g/mol. The zero-order valence-corrected chi connectivity index (χ0v) is 14.1. The van der Waals surface area contributed by atoms with Crippen molar-refractivity contribution in [3.8, 4) is 0 Å². The number of nitrogens with one attached hydrogen (secondary N) is 1. The zero-order chi connectivity index (χ0) is 18.1. The Balaban J connectivity index is 1.52. The Morgan fingerprint density at radius 2 is 1.96 bits per heavy atom. The molecule has 26 heavy (non-hydrogen) atoms. The lowest BCUT2D eigenvalue weighted by molar-refractivity contribution is 0.101. The lowest BCUT2D eigenvalue weighted by Crippen LogP contribution is -2.15. The summed E-state index contributed by atoms with van der Waals surface area (Å²) < 4.78 is 16.9. The van der Waals surface area contributed by atoms with Crippen molar-refractivity contribution in [3.05, 3.63) is 78.3 Å². The fourth-order valence-electron chi connectivity index (χ4n) is 2.93. The molecule has 0 saturated carbocycles. The van der Waals surface area contributed by atoms with E-state index in [4.69, 9.17) is 0 Å². The minimum Gasteiger partial charge on any atom is -0.340 e. The summed E-state index contributed by atoms with van der Waals surface area (Å²) in [6, 6.07) is 13.7. The van der Waals surface area contributed by atoms with Crippen molar-refractivity contribution in [2.75, 3.05) is 5.32 Å². The Kier molecular flexibility index (Phi) is 3.96. The number of halogens is 1. The molecule has 2 aromatic carbocycles. The van der Waals surface area contributed by atoms with Crippen LogP contribution >= 0.6 is 0 Å². The van der Waals surface area contributed by atoms with Gasteiger partial charge in [0.15, 0.2) is 0 Å². The third kappa shape index (κ3) is 3.06. The average molecular weight is 349 g/mol. The molecule has 1 N–H and O–H groups in total. The summed E-state index contributed by atoms with van der Waals surface area (Å²) in [4.78, 5) is 16.5. The van der Waals surface area contributed by atoms with E-state index in [0.29, 0.717) is 23.3 Å². The van der Waals surface area contributed by atoms with Crippen molar-refractivity contribution in [2.24, 2.45) is 7.05 Å². The molecule has 6 nitrogen and oxygen atoms in total. The topological polar surface area (TPSA) is 64.7 Å². The Labute approximate surface area is 148 Å². The van der Waals surface area contributed by atoms with Gasteiger partial charge in [0, 0.05) is 23.6 Å². The van der Waals surface area contributed by atoms with Crippen LogP contribution in [0, 0.1) is 5.82 Å². The number of aromatic nitrogens is 4. The molecule has 130 valence electrons. The van der Waals surface area contributed by atoms with Crippen LogP contribution in [0.2, 0.25) is 0 Å². The van der Waals surface area contributed by atoms with Gasteiger partial charge in [-0.1, -0.05) is 12.1 Å². The average Bonchev–Trinajstić information content (AvgIpc) is 3.24. The van der Waals surface area contributed by atoms with E-state index in [1.165, 1.54) is 18.5 Å². The molecule has 0 aliphatic carbocycles. The van der Waals surface area contributed by atoms with Crippen LogP contribution in [0.25, 0.3) is 10.9 Å². The number of hydrogen-bond acceptors (Lipinski definition) is 3. The van der Waals surface area contributed by atoms with Crippen LogP contribution in [0.4, 0.5) is 10.1 Å². The van der Waals surface area contributed by atoms with Crippen molar-refractivity contribution >= 4 is 22.5 Å². The van der Waals surface area contributed by atoms with E-state index in [1.54, 1.807) is 34.8 Å². The first-order chi connectivity index (χ1) is 12.6. The second-order valence-corrected chi connectivity index (χ2v) is 6.04. The first-order valence-electron chi connectivity index (χ1n) is 8.08. The van der Waals surface area contributed by atoms with Gasteiger partial charge < -0.3 is 9.88 Å². The summed E-state index contributed by atoms with van der Waals surface area (Å²) in [6.45, 7) is 0.614. The highest BCUT2D eigenvalue weighted by Gasteiger charge is 2.14. The van der Waals surface area contributed by atoms with Crippen LogP contribution in [0.1, 0.15) is 16.1 Å². The van der Waals surface area contributed by atoms with Gasteiger partial charge in [-0.2, -0.15) is 5.10 Å². The number of anilines is 1. The summed E-state index contributed by atoms with van der Waals surface area (Å²) in [6.07, 6.45) is 3.14. The quantitative estimate of drug-likeness (QED) is 0.615. The molecule has 1 amide bonds. The molecule has 0 bridgehead atoms. The Hall–Kier alpha value is -3.48. The molecule has 7 heteroatoms. The normalized spacial score (nSPS) is 11.0. The number of fused-ring (bicyclic) bond motifs is 1. The predicted octanol–water partition coefficient (Wildman–Crippen LogP) is 3.21. The highest BCUT2D eigenvalue weighted by molar-refractivity contribution is 6.06. The van der Waals surface area contributed by atoms with E-state index in [2.05, 4.69) is 15.4 Å². The zero-order valence-electron chi connectivity index (χ0n) is 14.1. The third-order valence-electron chi connectivity index (χ3n) is 4.26. The third-order valence-corrected chi connectivity index (χ3v) is 4.26. The van der Waals surface area contributed by atoms with E-state index in [9.17, 15) is 9.18 Å². The minimum atomic E-state index is -0.321. The van der Waals surface area contributed by atoms with Gasteiger partial charge in [0.1, 0.15) is 24.2 Å². The van der Waals surface area contributed by atoms with Gasteiger partial charge in [-0.3, -0.25) is 4.79 Å². The molecule has 0 aliphatic heterocycles. The van der Waals surface area contributed by atoms with E-state index >= 15 is 0 Å². The molecule has 0 fully saturated rings. The SMILES string of the molecule is Cn1c(C(=O)Nc2ccc(Cn3cncn3)cc2)cc2cc(F)ccc21. The van der Waals surface area contributed by atoms with Crippen molar-refractivity contribution in [1.29, 1.82) is 0 Å². The maximum Gasteiger partial charge on any atom is 0.272 e. The molecular formula is C19H16FN5O. The number of hydrogen-bond donors (Lipinski definition) is 1. The van der Waals surface area contributed by atoms with Gasteiger partial charge in [-0.05, 0) is 42.0 Å². The van der Waals surface area contributed by atoms with Crippen LogP contribution in [-0.4, -0.2) is 25.2 Å². The predicted molar refractivity (Wildman–Crippen MR) is 96.4 cm³/mol. The summed E-state index contributed by atoms with van der Waals surface area (Å²) in [7, 11) is 1.79. The highest BCUT2D eigenvalue weighted by Crippen LogP contribution is 2.21. The number of carbonyl (C=O) groups is 1. The number of nitrogens with zero attached hydrogens (tertiary/aromatic N) is 4. The molecule has 0 aliphatic rings. The maximum absolute atomic E-state index is 13.4. The number of carbonyl (C=O) groups excluding carboxylic acids is 1. The van der Waals surface area contributed by atoms with E-state index in [0.717, 1.165) is 11.1 Å². The van der Waals surface area contributed by atoms with Crippen LogP contribution in [-0.2, 0) is 13.6 Å². The molecule has 0 unspecified atom stereocenters. The fourth-order valence-corrected chi connectivity index (χ4v) is 2.93. The van der Waals surface area contributed by atoms with Crippen LogP contribution in [0.15, 0.2) is 61.2 Å². The van der Waals surface area contributed by atoms with Crippen LogP contribution in [0.5, 0.6) is 0 Å². The molecule has 0 radical (unpaired) electrons. The number of rotatable bonds is 4. The minimum absolute atomic E-state index is 0.242. The Bertz CT molecular complexity index is 1070. The Morgan fingerprint density at radius 3 is 2.69 bits per heavy atom. The van der Waals surface area contributed by atoms with Crippen molar-refractivity contribution in [1.82, 2.24) is 19.3 Å². The van der Waals surface area contributed by atoms with Crippen LogP contribution < -0.4 is 5.32 Å². The number of benzene rings is 2. The maximum atomic E-state index is 13.4. The number of amides is 1. The van der Waals surface area contributed by atoms with Gasteiger partial charge in [-0.15, -0.1) is 0 Å². The second-order valence-electron chi connectivity index (χ2n) is 6.04. The number of aryl methyl sites for hydroxylation is 1. The van der Waals surface area contributed by atoms with Gasteiger partial charge in [0.2, 0.25) is 0 Å². The molecule has 0 atom stereocenters. The molecular weight excluding hydrogens is 333 g/mol. The molecule has 4 aromatic rings. The molecule has 0 saturated heterocycles. The lowest BCUT2D eigenvalue weighted by atomic mass is 10.2. The highest BCUT2D eigenvalue weighted by atomic mass is 19.1. The molecule has 2 heterocycles. The van der Waals surface area contributed by atoms with Gasteiger partial charge in [0.05, 0.1) is 6.54 Å². The van der Waals surface area contributed by atoms with E-state index < -0.39 is 0 Å². The summed E-state index contributed by atoms with van der Waals surface area (Å²) in [5, 5.41) is 7.63. The first kappa shape index (κ1) is 16.0. The van der Waals surface area contributed by atoms with Crippen molar-refractivity contribution in [3.63, 3.8) is 0 Å².